The standard InChI is InChI=1S/C18H22N4O4/c1-12-4-9-16(17(20-12)22(23)24)25-11-15-10-19-18(26-15)13-5-7-14(8-6-13)21(2)3/h4-9,15,18-19H,10-11H2,1-3H3/p+1/t15-,18+/m0/s1. The minimum Gasteiger partial charge on any atom is -0.483 e. The minimum atomic E-state index is -0.529. The van der Waals surface area contributed by atoms with Crippen LogP contribution in [0, 0.1) is 17.0 Å². The molecule has 26 heavy (non-hydrogen) atoms. The van der Waals surface area contributed by atoms with Crippen molar-refractivity contribution in [1.29, 1.82) is 0 Å². The van der Waals surface area contributed by atoms with Crippen molar-refractivity contribution >= 4 is 11.5 Å². The van der Waals surface area contributed by atoms with Crippen molar-refractivity contribution in [1.82, 2.24) is 4.98 Å². The van der Waals surface area contributed by atoms with Gasteiger partial charge in [-0.2, -0.15) is 0 Å². The summed E-state index contributed by atoms with van der Waals surface area (Å²) < 4.78 is 11.6. The molecular weight excluding hydrogens is 336 g/mol. The third kappa shape index (κ3) is 4.09. The molecule has 1 aliphatic rings. The fraction of sp³-hybridized carbons (Fsp3) is 0.389. The largest absolute Gasteiger partial charge is 0.483 e. The second kappa shape index (κ2) is 7.67. The minimum absolute atomic E-state index is 0.0917. The van der Waals surface area contributed by atoms with E-state index in [9.17, 15) is 10.1 Å². The zero-order valence-corrected chi connectivity index (χ0v) is 15.1. The van der Waals surface area contributed by atoms with Crippen LogP contribution in [-0.4, -0.2) is 43.3 Å². The Balaban J connectivity index is 1.59. The highest BCUT2D eigenvalue weighted by atomic mass is 16.6. The molecular formula is C18H23N4O4+. The smallest absolute Gasteiger partial charge is 0.406 e. The van der Waals surface area contributed by atoms with Gasteiger partial charge in [0.05, 0.1) is 0 Å². The Bertz CT molecular complexity index is 779. The summed E-state index contributed by atoms with van der Waals surface area (Å²) in [6, 6.07) is 11.5. The molecule has 1 fully saturated rings. The molecule has 0 bridgehead atoms. The van der Waals surface area contributed by atoms with Crippen molar-refractivity contribution < 1.29 is 19.7 Å². The first-order valence-electron chi connectivity index (χ1n) is 8.45. The van der Waals surface area contributed by atoms with Crippen LogP contribution in [0.5, 0.6) is 5.75 Å². The Morgan fingerprint density at radius 1 is 1.31 bits per heavy atom. The van der Waals surface area contributed by atoms with E-state index in [-0.39, 0.29) is 30.5 Å². The van der Waals surface area contributed by atoms with E-state index < -0.39 is 4.92 Å². The fourth-order valence-electron chi connectivity index (χ4n) is 2.83. The van der Waals surface area contributed by atoms with E-state index in [2.05, 4.69) is 34.6 Å². The Labute approximate surface area is 151 Å². The van der Waals surface area contributed by atoms with Gasteiger partial charge < -0.3 is 29.8 Å². The number of ether oxygens (including phenoxy) is 2. The van der Waals surface area contributed by atoms with Crippen molar-refractivity contribution in [3.63, 3.8) is 0 Å². The number of benzene rings is 1. The molecule has 0 radical (unpaired) electrons. The van der Waals surface area contributed by atoms with Crippen molar-refractivity contribution in [3.05, 3.63) is 57.8 Å². The molecule has 1 aromatic carbocycles. The summed E-state index contributed by atoms with van der Waals surface area (Å²) in [5.74, 6) is -0.0919. The van der Waals surface area contributed by atoms with E-state index >= 15 is 0 Å². The summed E-state index contributed by atoms with van der Waals surface area (Å²) >= 11 is 0. The second-order valence-corrected chi connectivity index (χ2v) is 6.48. The molecule has 0 saturated carbocycles. The molecule has 8 nitrogen and oxygen atoms in total. The quantitative estimate of drug-likeness (QED) is 0.619. The average molecular weight is 359 g/mol. The van der Waals surface area contributed by atoms with Gasteiger partial charge in [0.25, 0.3) is 0 Å². The summed E-state index contributed by atoms with van der Waals surface area (Å²) in [6.45, 7) is 2.68. The number of aryl methyl sites for hydroxylation is 1. The van der Waals surface area contributed by atoms with Crippen LogP contribution in [0.2, 0.25) is 0 Å². The Hall–Kier alpha value is -2.71. The maximum atomic E-state index is 11.1. The molecule has 0 amide bonds. The first-order valence-corrected chi connectivity index (χ1v) is 8.45. The van der Waals surface area contributed by atoms with E-state index in [1.807, 2.05) is 19.0 Å². The fourth-order valence-corrected chi connectivity index (χ4v) is 2.83. The van der Waals surface area contributed by atoms with E-state index in [0.29, 0.717) is 5.69 Å². The highest BCUT2D eigenvalue weighted by molar-refractivity contribution is 5.46. The van der Waals surface area contributed by atoms with Gasteiger partial charge in [-0.25, -0.2) is 0 Å². The SMILES string of the molecule is Cc1ccc(OC[C@@H]2C[NH2+][C@@H](c3ccc(N(C)C)cc3)O2)c([N+](=O)[O-])n1. The molecule has 2 heterocycles. The van der Waals surface area contributed by atoms with Crippen LogP contribution in [-0.2, 0) is 4.74 Å². The highest BCUT2D eigenvalue weighted by Crippen LogP contribution is 2.25. The Morgan fingerprint density at radius 3 is 2.69 bits per heavy atom. The molecule has 0 spiro atoms. The van der Waals surface area contributed by atoms with Crippen molar-refractivity contribution in [2.45, 2.75) is 19.3 Å². The van der Waals surface area contributed by atoms with Crippen LogP contribution in [0.25, 0.3) is 0 Å². The molecule has 1 saturated heterocycles. The molecule has 3 rings (SSSR count). The summed E-state index contributed by atoms with van der Waals surface area (Å²) in [5, 5.41) is 13.2. The van der Waals surface area contributed by atoms with Gasteiger partial charge in [-0.3, -0.25) is 0 Å². The van der Waals surface area contributed by atoms with Gasteiger partial charge in [0.2, 0.25) is 12.0 Å². The van der Waals surface area contributed by atoms with Crippen LogP contribution >= 0.6 is 0 Å². The normalized spacial score (nSPS) is 19.3. The van der Waals surface area contributed by atoms with Crippen LogP contribution < -0.4 is 15.0 Å². The van der Waals surface area contributed by atoms with E-state index in [1.54, 1.807) is 19.1 Å². The van der Waals surface area contributed by atoms with Crippen LogP contribution in [0.1, 0.15) is 17.5 Å². The molecule has 1 aliphatic heterocycles. The lowest BCUT2D eigenvalue weighted by atomic mass is 10.2. The molecule has 2 aromatic rings. The molecule has 0 unspecified atom stereocenters. The van der Waals surface area contributed by atoms with E-state index in [0.717, 1.165) is 17.8 Å². The van der Waals surface area contributed by atoms with E-state index in [1.165, 1.54) is 0 Å². The average Bonchev–Trinajstić information content (AvgIpc) is 3.09. The van der Waals surface area contributed by atoms with E-state index in [4.69, 9.17) is 9.47 Å². The van der Waals surface area contributed by atoms with Crippen molar-refractivity contribution in [2.24, 2.45) is 0 Å². The third-order valence-electron chi connectivity index (χ3n) is 4.27. The number of pyridine rings is 1. The lowest BCUT2D eigenvalue weighted by Crippen LogP contribution is -2.82. The number of quaternary nitrogens is 1. The molecule has 1 aromatic heterocycles. The van der Waals surface area contributed by atoms with Gasteiger partial charge in [0.1, 0.15) is 24.9 Å². The topological polar surface area (TPSA) is 94.3 Å². The third-order valence-corrected chi connectivity index (χ3v) is 4.27. The first-order chi connectivity index (χ1) is 12.4. The molecule has 138 valence electrons. The second-order valence-electron chi connectivity index (χ2n) is 6.48. The predicted octanol–water partition coefficient (Wildman–Crippen LogP) is 1.40. The number of aromatic nitrogens is 1. The zero-order chi connectivity index (χ0) is 18.7. The van der Waals surface area contributed by atoms with Crippen LogP contribution in [0.3, 0.4) is 0 Å². The van der Waals surface area contributed by atoms with Crippen molar-refractivity contribution in [3.8, 4) is 5.75 Å². The maximum Gasteiger partial charge on any atom is 0.406 e. The Kier molecular flexibility index (Phi) is 5.34. The van der Waals surface area contributed by atoms with Gasteiger partial charge >= 0.3 is 5.82 Å². The van der Waals surface area contributed by atoms with Gasteiger partial charge in [-0.15, -0.1) is 0 Å². The number of nitrogens with zero attached hydrogens (tertiary/aromatic N) is 3. The highest BCUT2D eigenvalue weighted by Gasteiger charge is 2.31. The summed E-state index contributed by atoms with van der Waals surface area (Å²) in [6.07, 6.45) is -0.236. The van der Waals surface area contributed by atoms with Crippen molar-refractivity contribution in [2.75, 3.05) is 32.1 Å². The lowest BCUT2D eigenvalue weighted by Gasteiger charge is -2.14. The number of rotatable bonds is 6. The summed E-state index contributed by atoms with van der Waals surface area (Å²) in [5.41, 5.74) is 2.79. The maximum absolute atomic E-state index is 11.1. The number of hydrogen-bond acceptors (Lipinski definition) is 6. The first kappa shape index (κ1) is 18.1. The van der Waals surface area contributed by atoms with Crippen LogP contribution in [0.15, 0.2) is 36.4 Å². The van der Waals surface area contributed by atoms with Gasteiger partial charge in [-0.1, -0.05) is 0 Å². The van der Waals surface area contributed by atoms with Gasteiger partial charge in [0, 0.05) is 32.3 Å². The predicted molar refractivity (Wildman–Crippen MR) is 96.3 cm³/mol. The lowest BCUT2D eigenvalue weighted by molar-refractivity contribution is -0.697. The van der Waals surface area contributed by atoms with Gasteiger partial charge in [-0.05, 0) is 46.3 Å². The van der Waals surface area contributed by atoms with Crippen LogP contribution in [0.4, 0.5) is 11.5 Å². The molecule has 8 heteroatoms. The number of nitro groups is 1. The number of hydrogen-bond donors (Lipinski definition) is 1. The molecule has 2 atom stereocenters. The molecule has 0 aliphatic carbocycles. The summed E-state index contributed by atoms with van der Waals surface area (Å²) in [7, 11) is 4.00. The van der Waals surface area contributed by atoms with Gasteiger partial charge in [0.15, 0.2) is 0 Å². The number of nitrogens with two attached hydrogens (primary N) is 1. The zero-order valence-electron chi connectivity index (χ0n) is 15.1. The monoisotopic (exact) mass is 359 g/mol. The Morgan fingerprint density at radius 2 is 2.04 bits per heavy atom. The molecule has 2 N–H and O–H groups in total. The number of anilines is 1. The summed E-state index contributed by atoms with van der Waals surface area (Å²) in [4.78, 5) is 16.5.